The molecule has 0 saturated heterocycles. The zero-order valence-corrected chi connectivity index (χ0v) is 24.8. The zero-order valence-electron chi connectivity index (χ0n) is 24.8. The Bertz CT molecular complexity index is 1170. The van der Waals surface area contributed by atoms with Gasteiger partial charge in [0, 0.05) is 0 Å². The minimum atomic E-state index is -0.919. The van der Waals surface area contributed by atoms with Gasteiger partial charge in [0.1, 0.15) is 18.1 Å². The van der Waals surface area contributed by atoms with E-state index < -0.39 is 47.8 Å². The van der Waals surface area contributed by atoms with E-state index in [0.717, 1.165) is 16.3 Å². The second kappa shape index (κ2) is 16.7. The second-order valence-corrected chi connectivity index (χ2v) is 11.3. The number of nitrogens with one attached hydrogen (secondary N) is 3. The molecule has 0 unspecified atom stereocenters. The normalized spacial score (nSPS) is 15.0. The van der Waals surface area contributed by atoms with Crippen molar-refractivity contribution < 1.29 is 19.2 Å². The molecule has 5 atom stereocenters. The smallest absolute Gasteiger partial charge is 0.243 e. The van der Waals surface area contributed by atoms with E-state index in [4.69, 9.17) is 17.2 Å². The Morgan fingerprint density at radius 3 is 2.10 bits per heavy atom. The van der Waals surface area contributed by atoms with Crippen LogP contribution in [0.2, 0.25) is 0 Å². The molecule has 41 heavy (non-hydrogen) atoms. The third-order valence-electron chi connectivity index (χ3n) is 7.35. The lowest BCUT2D eigenvalue weighted by molar-refractivity contribution is -0.134. The van der Waals surface area contributed by atoms with Crippen LogP contribution < -0.4 is 33.2 Å². The third-order valence-corrected chi connectivity index (χ3v) is 7.35. The molecule has 0 heterocycles. The fraction of sp³-hybridized carbons (Fsp3) is 0.548. The van der Waals surface area contributed by atoms with Crippen LogP contribution in [-0.4, -0.2) is 54.3 Å². The molecule has 2 aromatic rings. The highest BCUT2D eigenvalue weighted by Gasteiger charge is 2.32. The van der Waals surface area contributed by atoms with Gasteiger partial charge in [0.25, 0.3) is 0 Å². The number of carbonyl (C=O) groups excluding carboxylic acids is 4. The van der Waals surface area contributed by atoms with E-state index in [1.165, 1.54) is 0 Å². The number of amides is 4. The highest BCUT2D eigenvalue weighted by Crippen LogP contribution is 2.17. The summed E-state index contributed by atoms with van der Waals surface area (Å²) in [6.45, 7) is 8.06. The Hall–Kier alpha value is -3.50. The van der Waals surface area contributed by atoms with E-state index in [1.54, 1.807) is 0 Å². The van der Waals surface area contributed by atoms with Gasteiger partial charge in [-0.05, 0) is 66.8 Å². The Labute approximate surface area is 243 Å². The van der Waals surface area contributed by atoms with Crippen LogP contribution in [0.4, 0.5) is 0 Å². The summed E-state index contributed by atoms with van der Waals surface area (Å²) in [5.74, 6) is -2.17. The van der Waals surface area contributed by atoms with Crippen LogP contribution in [0.5, 0.6) is 0 Å². The Balaban J connectivity index is 2.14. The maximum absolute atomic E-state index is 13.5. The SMILES string of the molecule is CC[C@H](C)[C@H](NC(=O)[C@@H](N)Cc1ccc2ccccc2c1)C(=O)N[C@@H](CCCCN)C(=O)N[C@@H](CC(C)C)C(N)=O. The minimum absolute atomic E-state index is 0.127. The topological polar surface area (TPSA) is 182 Å². The fourth-order valence-electron chi connectivity index (χ4n) is 4.69. The molecule has 2 rings (SSSR count). The first-order chi connectivity index (χ1) is 19.5. The van der Waals surface area contributed by atoms with Crippen LogP contribution in [0.3, 0.4) is 0 Å². The number of rotatable bonds is 17. The van der Waals surface area contributed by atoms with Gasteiger partial charge in [0.15, 0.2) is 0 Å². The van der Waals surface area contributed by atoms with E-state index in [2.05, 4.69) is 16.0 Å². The number of benzene rings is 2. The number of primary amides is 1. The van der Waals surface area contributed by atoms with Crippen LogP contribution >= 0.6 is 0 Å². The predicted molar refractivity (Wildman–Crippen MR) is 162 cm³/mol. The Morgan fingerprint density at radius 1 is 0.829 bits per heavy atom. The van der Waals surface area contributed by atoms with Gasteiger partial charge < -0.3 is 33.2 Å². The van der Waals surface area contributed by atoms with E-state index in [0.29, 0.717) is 45.1 Å². The maximum Gasteiger partial charge on any atom is 0.243 e. The lowest BCUT2D eigenvalue weighted by atomic mass is 9.96. The molecule has 10 heteroatoms. The first-order valence-electron chi connectivity index (χ1n) is 14.6. The monoisotopic (exact) mass is 568 g/mol. The highest BCUT2D eigenvalue weighted by molar-refractivity contribution is 5.94. The van der Waals surface area contributed by atoms with Gasteiger partial charge in [-0.25, -0.2) is 0 Å². The second-order valence-electron chi connectivity index (χ2n) is 11.3. The summed E-state index contributed by atoms with van der Waals surface area (Å²) in [5, 5.41) is 10.5. The fourth-order valence-corrected chi connectivity index (χ4v) is 4.69. The molecule has 10 nitrogen and oxygen atoms in total. The Morgan fingerprint density at radius 2 is 1.49 bits per heavy atom. The third kappa shape index (κ3) is 10.8. The quantitative estimate of drug-likeness (QED) is 0.158. The molecule has 4 amide bonds. The van der Waals surface area contributed by atoms with Crippen LogP contribution in [0.25, 0.3) is 10.8 Å². The molecule has 0 aliphatic rings. The van der Waals surface area contributed by atoms with E-state index in [9.17, 15) is 19.2 Å². The molecule has 9 N–H and O–H groups in total. The van der Waals surface area contributed by atoms with Crippen LogP contribution in [0, 0.1) is 11.8 Å². The van der Waals surface area contributed by atoms with Crippen molar-refractivity contribution >= 4 is 34.4 Å². The number of fused-ring (bicyclic) bond motifs is 1. The Kier molecular flexibility index (Phi) is 13.7. The van der Waals surface area contributed by atoms with Gasteiger partial charge in [0.2, 0.25) is 23.6 Å². The average molecular weight is 569 g/mol. The molecular weight excluding hydrogens is 520 g/mol. The standard InChI is InChI=1S/C31H48N6O4/c1-5-20(4)27(37-29(39)24(33)18-21-13-14-22-10-6-7-11-23(22)17-21)31(41)35-25(12-8-9-15-32)30(40)36-26(28(34)38)16-19(2)3/h6-7,10-11,13-14,17,19-20,24-27H,5,8-9,12,15-16,18,32-33H2,1-4H3,(H2,34,38)(H,35,41)(H,36,40)(H,37,39)/t20-,24-,25-,26-,27-/m0/s1. The van der Waals surface area contributed by atoms with Gasteiger partial charge in [-0.3, -0.25) is 19.2 Å². The summed E-state index contributed by atoms with van der Waals surface area (Å²) in [5.41, 5.74) is 18.3. The van der Waals surface area contributed by atoms with Crippen molar-refractivity contribution in [3.63, 3.8) is 0 Å². The lowest BCUT2D eigenvalue weighted by Crippen LogP contribution is -2.59. The van der Waals surface area contributed by atoms with Crippen molar-refractivity contribution in [3.05, 3.63) is 48.0 Å². The molecule has 0 aliphatic heterocycles. The summed E-state index contributed by atoms with van der Waals surface area (Å²) < 4.78 is 0. The van der Waals surface area contributed by atoms with Crippen molar-refractivity contribution in [2.75, 3.05) is 6.54 Å². The highest BCUT2D eigenvalue weighted by atomic mass is 16.2. The number of carbonyl (C=O) groups is 4. The summed E-state index contributed by atoms with van der Waals surface area (Å²) in [7, 11) is 0. The minimum Gasteiger partial charge on any atom is -0.368 e. The largest absolute Gasteiger partial charge is 0.368 e. The van der Waals surface area contributed by atoms with Crippen molar-refractivity contribution in [2.45, 2.75) is 90.4 Å². The van der Waals surface area contributed by atoms with Gasteiger partial charge in [0.05, 0.1) is 6.04 Å². The molecule has 0 fully saturated rings. The molecule has 226 valence electrons. The van der Waals surface area contributed by atoms with Gasteiger partial charge >= 0.3 is 0 Å². The molecule has 0 saturated carbocycles. The summed E-state index contributed by atoms with van der Waals surface area (Å²) in [6.07, 6.45) is 2.88. The van der Waals surface area contributed by atoms with Crippen molar-refractivity contribution in [1.82, 2.24) is 16.0 Å². The average Bonchev–Trinajstić information content (AvgIpc) is 2.93. The van der Waals surface area contributed by atoms with Crippen molar-refractivity contribution in [1.29, 1.82) is 0 Å². The number of unbranched alkanes of at least 4 members (excludes halogenated alkanes) is 1. The molecule has 0 spiro atoms. The zero-order chi connectivity index (χ0) is 30.5. The van der Waals surface area contributed by atoms with Gasteiger partial charge in [-0.1, -0.05) is 76.6 Å². The number of hydrogen-bond donors (Lipinski definition) is 6. The predicted octanol–water partition coefficient (Wildman–Crippen LogP) is 1.87. The molecule has 0 aromatic heterocycles. The number of hydrogen-bond acceptors (Lipinski definition) is 6. The van der Waals surface area contributed by atoms with E-state index in [1.807, 2.05) is 70.2 Å². The van der Waals surface area contributed by atoms with E-state index >= 15 is 0 Å². The molecule has 0 radical (unpaired) electrons. The van der Waals surface area contributed by atoms with Crippen molar-refractivity contribution in [2.24, 2.45) is 29.0 Å². The molecule has 2 aromatic carbocycles. The van der Waals surface area contributed by atoms with Crippen LogP contribution in [-0.2, 0) is 25.6 Å². The first kappa shape index (κ1) is 33.7. The van der Waals surface area contributed by atoms with Crippen LogP contribution in [0.1, 0.15) is 65.4 Å². The lowest BCUT2D eigenvalue weighted by Gasteiger charge is -2.28. The summed E-state index contributed by atoms with van der Waals surface area (Å²) in [4.78, 5) is 51.8. The summed E-state index contributed by atoms with van der Waals surface area (Å²) >= 11 is 0. The molecule has 0 aliphatic carbocycles. The van der Waals surface area contributed by atoms with Gasteiger partial charge in [-0.15, -0.1) is 0 Å². The molecule has 0 bridgehead atoms. The van der Waals surface area contributed by atoms with Crippen LogP contribution in [0.15, 0.2) is 42.5 Å². The molecular formula is C31H48N6O4. The van der Waals surface area contributed by atoms with E-state index in [-0.39, 0.29) is 11.8 Å². The maximum atomic E-state index is 13.5. The number of nitrogens with two attached hydrogens (primary N) is 3. The van der Waals surface area contributed by atoms with Gasteiger partial charge in [-0.2, -0.15) is 0 Å². The first-order valence-corrected chi connectivity index (χ1v) is 14.6. The van der Waals surface area contributed by atoms with Crippen molar-refractivity contribution in [3.8, 4) is 0 Å². The summed E-state index contributed by atoms with van der Waals surface area (Å²) in [6, 6.07) is 10.3.